The highest BCUT2D eigenvalue weighted by Crippen LogP contribution is 2.19. The zero-order valence-corrected chi connectivity index (χ0v) is 16.2. The third-order valence-corrected chi connectivity index (χ3v) is 4.36. The van der Waals surface area contributed by atoms with Crippen molar-refractivity contribution in [1.82, 2.24) is 14.7 Å². The molecule has 0 aliphatic rings. The van der Waals surface area contributed by atoms with E-state index in [2.05, 4.69) is 22.4 Å². The van der Waals surface area contributed by atoms with Crippen LogP contribution in [0.15, 0.2) is 60.8 Å². The Balaban J connectivity index is 1.75. The van der Waals surface area contributed by atoms with Gasteiger partial charge in [0.05, 0.1) is 25.0 Å². The SMILES string of the molecule is C#CCN(CC(=O)Nc1c(C#N)cnn1-c1ccccc1)Cc1ccc(C)cc1. The molecule has 3 rings (SSSR count). The molecule has 144 valence electrons. The standard InChI is InChI=1S/C23H21N5O/c1-3-13-27(16-19-11-9-18(2)10-12-19)17-22(29)26-23-20(14-24)15-25-28(23)21-7-5-4-6-8-21/h1,4-12,15H,13,16-17H2,2H3,(H,26,29). The number of nitrogens with zero attached hydrogens (tertiary/aromatic N) is 4. The number of aryl methyl sites for hydroxylation is 1. The predicted octanol–water partition coefficient (Wildman–Crippen LogP) is 3.13. The van der Waals surface area contributed by atoms with E-state index in [1.807, 2.05) is 66.4 Å². The summed E-state index contributed by atoms with van der Waals surface area (Å²) in [6.45, 7) is 3.02. The minimum atomic E-state index is -0.262. The van der Waals surface area contributed by atoms with Crippen molar-refractivity contribution in [3.63, 3.8) is 0 Å². The van der Waals surface area contributed by atoms with Gasteiger partial charge < -0.3 is 5.32 Å². The number of hydrogen-bond donors (Lipinski definition) is 1. The molecule has 3 aromatic rings. The van der Waals surface area contributed by atoms with Gasteiger partial charge in [-0.05, 0) is 24.6 Å². The number of rotatable bonds is 7. The Bertz CT molecular complexity index is 1060. The molecular weight excluding hydrogens is 362 g/mol. The van der Waals surface area contributed by atoms with Gasteiger partial charge in [0.2, 0.25) is 5.91 Å². The van der Waals surface area contributed by atoms with Crippen molar-refractivity contribution >= 4 is 11.7 Å². The lowest BCUT2D eigenvalue weighted by Gasteiger charge is -2.20. The second-order valence-electron chi connectivity index (χ2n) is 6.65. The van der Waals surface area contributed by atoms with E-state index in [1.54, 1.807) is 4.68 Å². The Hall–Kier alpha value is -3.87. The van der Waals surface area contributed by atoms with Crippen LogP contribution >= 0.6 is 0 Å². The molecule has 0 bridgehead atoms. The van der Waals surface area contributed by atoms with E-state index in [0.717, 1.165) is 11.3 Å². The van der Waals surface area contributed by atoms with Crippen molar-refractivity contribution in [2.45, 2.75) is 13.5 Å². The number of para-hydroxylation sites is 1. The molecule has 0 unspecified atom stereocenters. The highest BCUT2D eigenvalue weighted by Gasteiger charge is 2.17. The van der Waals surface area contributed by atoms with Crippen molar-refractivity contribution in [2.75, 3.05) is 18.4 Å². The van der Waals surface area contributed by atoms with Gasteiger partial charge in [-0.1, -0.05) is 53.9 Å². The fourth-order valence-corrected chi connectivity index (χ4v) is 2.94. The van der Waals surface area contributed by atoms with Gasteiger partial charge in [0.1, 0.15) is 11.6 Å². The zero-order valence-electron chi connectivity index (χ0n) is 16.2. The van der Waals surface area contributed by atoms with Gasteiger partial charge in [0.25, 0.3) is 0 Å². The van der Waals surface area contributed by atoms with Gasteiger partial charge in [-0.25, -0.2) is 4.68 Å². The quantitative estimate of drug-likeness (QED) is 0.636. The molecule has 0 aliphatic carbocycles. The van der Waals surface area contributed by atoms with Gasteiger partial charge in [-0.15, -0.1) is 6.42 Å². The summed E-state index contributed by atoms with van der Waals surface area (Å²) in [5.41, 5.74) is 3.30. The van der Waals surface area contributed by atoms with Crippen molar-refractivity contribution in [3.05, 3.63) is 77.5 Å². The van der Waals surface area contributed by atoms with Crippen LogP contribution in [0.2, 0.25) is 0 Å². The molecule has 0 aliphatic heterocycles. The molecule has 0 saturated heterocycles. The molecule has 29 heavy (non-hydrogen) atoms. The smallest absolute Gasteiger partial charge is 0.239 e. The Kier molecular flexibility index (Phi) is 6.42. The molecule has 0 radical (unpaired) electrons. The number of carbonyl (C=O) groups is 1. The van der Waals surface area contributed by atoms with Gasteiger partial charge in [0, 0.05) is 6.54 Å². The number of nitriles is 1. The van der Waals surface area contributed by atoms with Gasteiger partial charge in [-0.2, -0.15) is 10.4 Å². The van der Waals surface area contributed by atoms with E-state index in [-0.39, 0.29) is 12.5 Å². The molecule has 0 spiro atoms. The zero-order chi connectivity index (χ0) is 20.6. The molecule has 6 nitrogen and oxygen atoms in total. The Morgan fingerprint density at radius 3 is 2.59 bits per heavy atom. The van der Waals surface area contributed by atoms with Crippen LogP contribution in [-0.4, -0.2) is 33.7 Å². The van der Waals surface area contributed by atoms with Crippen LogP contribution in [0.4, 0.5) is 5.82 Å². The molecule has 6 heteroatoms. The van der Waals surface area contributed by atoms with E-state index in [4.69, 9.17) is 6.42 Å². The summed E-state index contributed by atoms with van der Waals surface area (Å²) in [7, 11) is 0. The average molecular weight is 383 g/mol. The first kappa shape index (κ1) is 19.9. The molecule has 1 heterocycles. The summed E-state index contributed by atoms with van der Waals surface area (Å²) in [4.78, 5) is 14.6. The number of carbonyl (C=O) groups excluding carboxylic acids is 1. The summed E-state index contributed by atoms with van der Waals surface area (Å²) in [6, 6.07) is 19.5. The summed E-state index contributed by atoms with van der Waals surface area (Å²) < 4.78 is 1.54. The molecule has 1 N–H and O–H groups in total. The highest BCUT2D eigenvalue weighted by molar-refractivity contribution is 5.93. The summed E-state index contributed by atoms with van der Waals surface area (Å²) in [5, 5.41) is 16.4. The third-order valence-electron chi connectivity index (χ3n) is 4.36. The van der Waals surface area contributed by atoms with Gasteiger partial charge >= 0.3 is 0 Å². The number of terminal acetylenes is 1. The molecule has 1 amide bonds. The van der Waals surface area contributed by atoms with E-state index in [0.29, 0.717) is 24.5 Å². The Labute approximate surface area is 170 Å². The molecular formula is C23H21N5O. The molecule has 1 aromatic heterocycles. The van der Waals surface area contributed by atoms with Crippen LogP contribution in [0.5, 0.6) is 0 Å². The number of hydrogen-bond acceptors (Lipinski definition) is 4. The maximum Gasteiger partial charge on any atom is 0.239 e. The number of amides is 1. The fraction of sp³-hybridized carbons (Fsp3) is 0.174. The number of anilines is 1. The van der Waals surface area contributed by atoms with E-state index < -0.39 is 0 Å². The van der Waals surface area contributed by atoms with Crippen LogP contribution in [-0.2, 0) is 11.3 Å². The Morgan fingerprint density at radius 1 is 1.21 bits per heavy atom. The second kappa shape index (κ2) is 9.36. The first-order chi connectivity index (χ1) is 14.1. The van der Waals surface area contributed by atoms with Gasteiger partial charge in [0.15, 0.2) is 5.82 Å². The molecule has 0 fully saturated rings. The lowest BCUT2D eigenvalue weighted by molar-refractivity contribution is -0.117. The van der Waals surface area contributed by atoms with Crippen LogP contribution in [0.3, 0.4) is 0 Å². The predicted molar refractivity (Wildman–Crippen MR) is 112 cm³/mol. The molecule has 2 aromatic carbocycles. The maximum atomic E-state index is 12.7. The highest BCUT2D eigenvalue weighted by atomic mass is 16.2. The van der Waals surface area contributed by atoms with E-state index in [9.17, 15) is 10.1 Å². The monoisotopic (exact) mass is 383 g/mol. The van der Waals surface area contributed by atoms with Crippen LogP contribution in [0.25, 0.3) is 5.69 Å². The maximum absolute atomic E-state index is 12.7. The minimum Gasteiger partial charge on any atom is -0.308 e. The fourth-order valence-electron chi connectivity index (χ4n) is 2.94. The largest absolute Gasteiger partial charge is 0.308 e. The first-order valence-electron chi connectivity index (χ1n) is 9.15. The summed E-state index contributed by atoms with van der Waals surface area (Å²) in [6.07, 6.45) is 6.92. The summed E-state index contributed by atoms with van der Waals surface area (Å²) in [5.74, 6) is 2.68. The third kappa shape index (κ3) is 5.10. The Morgan fingerprint density at radius 2 is 1.93 bits per heavy atom. The van der Waals surface area contributed by atoms with Crippen molar-refractivity contribution in [2.24, 2.45) is 0 Å². The lowest BCUT2D eigenvalue weighted by atomic mass is 10.1. The van der Waals surface area contributed by atoms with E-state index >= 15 is 0 Å². The number of benzene rings is 2. The number of aromatic nitrogens is 2. The van der Waals surface area contributed by atoms with E-state index in [1.165, 1.54) is 11.8 Å². The normalized spacial score (nSPS) is 10.3. The van der Waals surface area contributed by atoms with Crippen LogP contribution < -0.4 is 5.32 Å². The van der Waals surface area contributed by atoms with Crippen molar-refractivity contribution in [3.8, 4) is 24.1 Å². The number of nitrogens with one attached hydrogen (secondary N) is 1. The lowest BCUT2D eigenvalue weighted by Crippen LogP contribution is -2.33. The molecule has 0 saturated carbocycles. The van der Waals surface area contributed by atoms with Crippen LogP contribution in [0.1, 0.15) is 16.7 Å². The minimum absolute atomic E-state index is 0.100. The van der Waals surface area contributed by atoms with Gasteiger partial charge in [-0.3, -0.25) is 9.69 Å². The summed E-state index contributed by atoms with van der Waals surface area (Å²) >= 11 is 0. The average Bonchev–Trinajstić information content (AvgIpc) is 3.13. The molecule has 0 atom stereocenters. The van der Waals surface area contributed by atoms with Crippen molar-refractivity contribution in [1.29, 1.82) is 5.26 Å². The van der Waals surface area contributed by atoms with Crippen LogP contribution in [0, 0.1) is 30.6 Å². The van der Waals surface area contributed by atoms with Crippen molar-refractivity contribution < 1.29 is 4.79 Å². The topological polar surface area (TPSA) is 74.0 Å². The first-order valence-corrected chi connectivity index (χ1v) is 9.15. The second-order valence-corrected chi connectivity index (χ2v) is 6.65.